The zero-order valence-electron chi connectivity index (χ0n) is 8.33. The molecule has 5 N–H and O–H groups in total. The Hall–Kier alpha value is -1.01. The van der Waals surface area contributed by atoms with Crippen LogP contribution in [0.15, 0.2) is 12.2 Å². The number of carboxylic acid groups (broad SMARTS) is 1. The van der Waals surface area contributed by atoms with Crippen molar-refractivity contribution in [2.24, 2.45) is 5.92 Å². The van der Waals surface area contributed by atoms with Crippen LogP contribution >= 0.6 is 7.60 Å². The van der Waals surface area contributed by atoms with Crippen molar-refractivity contribution in [2.45, 2.75) is 6.04 Å². The highest BCUT2D eigenvalue weighted by Gasteiger charge is 2.33. The van der Waals surface area contributed by atoms with Crippen LogP contribution in [0.2, 0.25) is 0 Å². The minimum Gasteiger partial charge on any atom is -0.480 e. The highest BCUT2D eigenvalue weighted by Crippen LogP contribution is 2.35. The molecule has 0 fully saturated rings. The van der Waals surface area contributed by atoms with E-state index >= 15 is 0 Å². The van der Waals surface area contributed by atoms with E-state index < -0.39 is 31.7 Å². The molecule has 0 saturated carbocycles. The predicted molar refractivity (Wildman–Crippen MR) is 56.7 cm³/mol. The summed E-state index contributed by atoms with van der Waals surface area (Å²) in [5.74, 6) is -1.94. The fourth-order valence-corrected chi connectivity index (χ4v) is 2.19. The highest BCUT2D eigenvalue weighted by atomic mass is 31.2. The topological polar surface area (TPSA) is 131 Å². The maximum atomic E-state index is 10.8. The van der Waals surface area contributed by atoms with Crippen LogP contribution in [0.3, 0.4) is 0 Å². The minimum absolute atomic E-state index is 0.274. The van der Waals surface area contributed by atoms with Crippen molar-refractivity contribution in [2.75, 3.05) is 12.7 Å². The van der Waals surface area contributed by atoms with Gasteiger partial charge in [-0.1, -0.05) is 12.2 Å². The van der Waals surface area contributed by atoms with Gasteiger partial charge in [-0.25, -0.2) is 0 Å². The number of carboxylic acids is 1. The van der Waals surface area contributed by atoms with E-state index in [-0.39, 0.29) is 5.71 Å². The molecule has 0 amide bonds. The Kier molecular flexibility index (Phi) is 3.98. The van der Waals surface area contributed by atoms with Crippen LogP contribution in [0.4, 0.5) is 0 Å². The van der Waals surface area contributed by atoms with E-state index in [1.165, 1.54) is 6.08 Å². The van der Waals surface area contributed by atoms with Crippen LogP contribution in [0.5, 0.6) is 0 Å². The Morgan fingerprint density at radius 2 is 2.19 bits per heavy atom. The van der Waals surface area contributed by atoms with E-state index in [1.54, 1.807) is 6.08 Å². The summed E-state index contributed by atoms with van der Waals surface area (Å²) in [6.07, 6.45) is 2.42. The molecule has 1 aliphatic heterocycles. The van der Waals surface area contributed by atoms with Crippen LogP contribution in [0, 0.1) is 11.3 Å². The second kappa shape index (κ2) is 4.88. The Morgan fingerprint density at radius 1 is 1.56 bits per heavy atom. The summed E-state index contributed by atoms with van der Waals surface area (Å²) >= 11 is 0. The largest absolute Gasteiger partial charge is 0.480 e. The lowest BCUT2D eigenvalue weighted by Gasteiger charge is -2.26. The lowest BCUT2D eigenvalue weighted by molar-refractivity contribution is -0.140. The molecular weight excluding hydrogens is 235 g/mol. The summed E-state index contributed by atoms with van der Waals surface area (Å²) in [6, 6.07) is -0.996. The first-order valence-corrected chi connectivity index (χ1v) is 6.36. The molecule has 0 aromatic heterocycles. The van der Waals surface area contributed by atoms with Crippen molar-refractivity contribution in [1.82, 2.24) is 5.32 Å². The van der Waals surface area contributed by atoms with Crippen molar-refractivity contribution < 1.29 is 24.3 Å². The third-order valence-corrected chi connectivity index (χ3v) is 2.96. The van der Waals surface area contributed by atoms with E-state index in [2.05, 4.69) is 5.32 Å². The van der Waals surface area contributed by atoms with Gasteiger partial charge < -0.3 is 25.6 Å². The molecule has 16 heavy (non-hydrogen) atoms. The zero-order valence-corrected chi connectivity index (χ0v) is 9.22. The normalized spacial score (nSPS) is 25.4. The maximum absolute atomic E-state index is 10.8. The Morgan fingerprint density at radius 3 is 2.69 bits per heavy atom. The van der Waals surface area contributed by atoms with Crippen molar-refractivity contribution in [1.29, 1.82) is 5.41 Å². The molecule has 1 aliphatic rings. The number of hydrogen-bond acceptors (Lipinski definition) is 4. The van der Waals surface area contributed by atoms with Gasteiger partial charge in [-0.15, -0.1) is 0 Å². The molecule has 1 rings (SSSR count). The molecule has 0 aromatic carbocycles. The second-order valence-electron chi connectivity index (χ2n) is 3.53. The van der Waals surface area contributed by atoms with Gasteiger partial charge in [-0.05, 0) is 0 Å². The fraction of sp³-hybridized carbons (Fsp3) is 0.500. The summed E-state index contributed by atoms with van der Waals surface area (Å²) in [7, 11) is -4.32. The van der Waals surface area contributed by atoms with E-state index in [1.807, 2.05) is 0 Å². The molecule has 8 heteroatoms. The lowest BCUT2D eigenvalue weighted by atomic mass is 9.92. The molecular formula is C8H13N2O5P. The Labute approximate surface area is 91.8 Å². The number of rotatable bonds is 4. The molecule has 0 bridgehead atoms. The standard InChI is InChI=1S/C8H13N2O5P/c9-6(4-16(13,14)15)5-2-1-3-10-7(5)8(11)12/h1-2,5,7,9-10H,3-4H2,(H,11,12)(H2,13,14,15). The average molecular weight is 248 g/mol. The smallest absolute Gasteiger partial charge is 0.331 e. The molecule has 0 aromatic rings. The van der Waals surface area contributed by atoms with Gasteiger partial charge in [0.2, 0.25) is 0 Å². The molecule has 90 valence electrons. The number of carbonyl (C=O) groups is 1. The minimum atomic E-state index is -4.32. The predicted octanol–water partition coefficient (Wildman–Crippen LogP) is -0.587. The summed E-state index contributed by atoms with van der Waals surface area (Å²) in [6.45, 7) is 0.372. The van der Waals surface area contributed by atoms with Crippen LogP contribution in [0.1, 0.15) is 0 Å². The molecule has 0 aliphatic carbocycles. The van der Waals surface area contributed by atoms with Crippen molar-refractivity contribution in [3.63, 3.8) is 0 Å². The van der Waals surface area contributed by atoms with Crippen LogP contribution < -0.4 is 5.32 Å². The third kappa shape index (κ3) is 3.53. The fourth-order valence-electron chi connectivity index (χ4n) is 1.53. The monoisotopic (exact) mass is 248 g/mol. The Bertz CT molecular complexity index is 375. The van der Waals surface area contributed by atoms with E-state index in [0.29, 0.717) is 6.54 Å². The molecule has 2 atom stereocenters. The molecule has 1 heterocycles. The van der Waals surface area contributed by atoms with Crippen molar-refractivity contribution >= 4 is 19.3 Å². The number of nitrogens with one attached hydrogen (secondary N) is 2. The summed E-state index contributed by atoms with van der Waals surface area (Å²) in [5.41, 5.74) is -0.274. The van der Waals surface area contributed by atoms with Gasteiger partial charge in [0, 0.05) is 18.2 Å². The molecule has 7 nitrogen and oxygen atoms in total. The second-order valence-corrected chi connectivity index (χ2v) is 5.17. The van der Waals surface area contributed by atoms with Gasteiger partial charge in [0.25, 0.3) is 0 Å². The third-order valence-electron chi connectivity index (χ3n) is 2.20. The van der Waals surface area contributed by atoms with Gasteiger partial charge in [-0.2, -0.15) is 0 Å². The summed E-state index contributed by atoms with van der Waals surface area (Å²) < 4.78 is 10.7. The molecule has 2 unspecified atom stereocenters. The van der Waals surface area contributed by atoms with E-state index in [0.717, 1.165) is 0 Å². The Balaban J connectivity index is 2.80. The molecule has 0 radical (unpaired) electrons. The van der Waals surface area contributed by atoms with Gasteiger partial charge in [0.05, 0.1) is 6.16 Å². The quantitative estimate of drug-likeness (QED) is 0.257. The average Bonchev–Trinajstić information content (AvgIpc) is 2.15. The van der Waals surface area contributed by atoms with Gasteiger partial charge in [0.1, 0.15) is 6.04 Å². The van der Waals surface area contributed by atoms with Crippen molar-refractivity contribution in [3.05, 3.63) is 12.2 Å². The van der Waals surface area contributed by atoms with Gasteiger partial charge in [0.15, 0.2) is 0 Å². The molecule has 0 saturated heterocycles. The van der Waals surface area contributed by atoms with E-state index in [4.69, 9.17) is 20.3 Å². The van der Waals surface area contributed by atoms with Gasteiger partial charge >= 0.3 is 13.6 Å². The number of aliphatic carboxylic acids is 1. The van der Waals surface area contributed by atoms with Crippen LogP contribution in [-0.4, -0.2) is 45.3 Å². The van der Waals surface area contributed by atoms with Crippen molar-refractivity contribution in [3.8, 4) is 0 Å². The maximum Gasteiger partial charge on any atom is 0.331 e. The van der Waals surface area contributed by atoms with Gasteiger partial charge in [-0.3, -0.25) is 9.36 Å². The molecule has 0 spiro atoms. The first kappa shape index (κ1) is 13.1. The zero-order chi connectivity index (χ0) is 12.3. The van der Waals surface area contributed by atoms with Crippen LogP contribution in [-0.2, 0) is 9.36 Å². The summed E-state index contributed by atoms with van der Waals surface area (Å²) in [5, 5.41) is 19.0. The SMILES string of the molecule is N=C(CP(=O)(O)O)C1C=CCNC1C(=O)O. The lowest BCUT2D eigenvalue weighted by Crippen LogP contribution is -2.47. The first-order valence-electron chi connectivity index (χ1n) is 4.56. The van der Waals surface area contributed by atoms with Crippen LogP contribution in [0.25, 0.3) is 0 Å². The summed E-state index contributed by atoms with van der Waals surface area (Å²) in [4.78, 5) is 28.3. The van der Waals surface area contributed by atoms with E-state index in [9.17, 15) is 9.36 Å². The number of hydrogen-bond donors (Lipinski definition) is 5. The highest BCUT2D eigenvalue weighted by molar-refractivity contribution is 7.52. The first-order chi connectivity index (χ1) is 7.31.